The van der Waals surface area contributed by atoms with Crippen molar-refractivity contribution in [3.05, 3.63) is 0 Å². The molecule has 0 spiro atoms. The molecular weight excluding hydrogens is 140 g/mol. The lowest BCUT2D eigenvalue weighted by Crippen LogP contribution is -2.68. The van der Waals surface area contributed by atoms with Gasteiger partial charge < -0.3 is 0 Å². The maximum absolute atomic E-state index is 11.4. The highest BCUT2D eigenvalue weighted by atomic mass is 16.1. The predicted octanol–water partition coefficient (Wildman–Crippen LogP) is 0.266. The Morgan fingerprint density at radius 2 is 1.82 bits per heavy atom. The summed E-state index contributed by atoms with van der Waals surface area (Å²) >= 11 is 0. The van der Waals surface area contributed by atoms with E-state index in [-0.39, 0.29) is 23.7 Å². The van der Waals surface area contributed by atoms with E-state index in [1.54, 1.807) is 0 Å². The number of fused-ring (bicyclic) bond motifs is 3. The van der Waals surface area contributed by atoms with Crippen molar-refractivity contribution in [1.82, 2.24) is 0 Å². The molecule has 0 aromatic heterocycles. The maximum Gasteiger partial charge on any atom is 0.141 e. The molecule has 0 radical (unpaired) electrons. The summed E-state index contributed by atoms with van der Waals surface area (Å²) in [7, 11) is 0. The normalized spacial score (nSPS) is 68.0. The monoisotopic (exact) mass is 148 g/mol. The Balaban J connectivity index is 1.99. The molecule has 0 aromatic rings. The number of hydrogen-bond acceptors (Lipinski definition) is 2. The second-order valence-electron chi connectivity index (χ2n) is 4.47. The first kappa shape index (κ1) is 5.07. The van der Waals surface area contributed by atoms with E-state index < -0.39 is 0 Å². The average Bonchev–Trinajstić information content (AvgIpc) is 2.29. The molecule has 0 amide bonds. The van der Waals surface area contributed by atoms with Crippen LogP contribution in [0.2, 0.25) is 0 Å². The Bertz CT molecular complexity index is 301. The summed E-state index contributed by atoms with van der Waals surface area (Å²) in [4.78, 5) is 22.8. The molecule has 0 heterocycles. The number of Topliss-reactive ketones (excluding diaryl/α,β-unsaturated/α-hetero) is 2. The zero-order valence-electron chi connectivity index (χ0n) is 5.99. The lowest BCUT2D eigenvalue weighted by Gasteiger charge is -2.60. The van der Waals surface area contributed by atoms with Gasteiger partial charge in [-0.2, -0.15) is 0 Å². The highest BCUT2D eigenvalue weighted by Crippen LogP contribution is 2.74. The summed E-state index contributed by atoms with van der Waals surface area (Å²) in [5.74, 6) is 3.02. The minimum Gasteiger partial charge on any atom is -0.299 e. The van der Waals surface area contributed by atoms with Crippen molar-refractivity contribution in [2.24, 2.45) is 35.5 Å². The average molecular weight is 148 g/mol. The molecule has 2 bridgehead atoms. The van der Waals surface area contributed by atoms with Gasteiger partial charge in [0.2, 0.25) is 0 Å². The largest absolute Gasteiger partial charge is 0.299 e. The molecule has 2 nitrogen and oxygen atoms in total. The van der Waals surface area contributed by atoms with E-state index in [9.17, 15) is 9.59 Å². The highest BCUT2D eigenvalue weighted by molar-refractivity contribution is 6.08. The summed E-state index contributed by atoms with van der Waals surface area (Å²) < 4.78 is 0. The minimum atomic E-state index is 0.187. The van der Waals surface area contributed by atoms with Gasteiger partial charge in [0, 0.05) is 23.7 Å². The minimum absolute atomic E-state index is 0.187. The summed E-state index contributed by atoms with van der Waals surface area (Å²) in [6.07, 6.45) is 1.06. The smallest absolute Gasteiger partial charge is 0.141 e. The Hall–Kier alpha value is -0.660. The molecule has 0 saturated heterocycles. The van der Waals surface area contributed by atoms with Crippen LogP contribution in [0.15, 0.2) is 0 Å². The molecule has 4 aliphatic rings. The van der Waals surface area contributed by atoms with Crippen molar-refractivity contribution in [3.63, 3.8) is 0 Å². The molecule has 0 N–H and O–H groups in total. The first-order chi connectivity index (χ1) is 5.30. The van der Waals surface area contributed by atoms with E-state index in [1.807, 2.05) is 0 Å². The third kappa shape index (κ3) is 0.268. The molecule has 4 rings (SSSR count). The summed E-state index contributed by atoms with van der Waals surface area (Å²) in [5.41, 5.74) is 0. The zero-order valence-corrected chi connectivity index (χ0v) is 5.99. The maximum atomic E-state index is 11.4. The quantitative estimate of drug-likeness (QED) is 0.494. The molecule has 0 aliphatic heterocycles. The number of rotatable bonds is 0. The van der Waals surface area contributed by atoms with Crippen LogP contribution in [0.1, 0.15) is 6.42 Å². The number of carbonyl (C=O) groups excluding carboxylic acids is 2. The van der Waals surface area contributed by atoms with Gasteiger partial charge in [0.25, 0.3) is 0 Å². The first-order valence-corrected chi connectivity index (χ1v) is 4.38. The third-order valence-corrected chi connectivity index (χ3v) is 4.48. The van der Waals surface area contributed by atoms with Crippen LogP contribution in [-0.4, -0.2) is 11.6 Å². The van der Waals surface area contributed by atoms with Crippen LogP contribution in [0.5, 0.6) is 0 Å². The number of carbonyl (C=O) groups is 2. The Labute approximate surface area is 64.0 Å². The van der Waals surface area contributed by atoms with Crippen LogP contribution in [0, 0.1) is 35.5 Å². The van der Waals surface area contributed by atoms with Gasteiger partial charge in [0.05, 0.1) is 0 Å². The van der Waals surface area contributed by atoms with Gasteiger partial charge in [-0.05, 0) is 18.3 Å². The van der Waals surface area contributed by atoms with Gasteiger partial charge in [-0.15, -0.1) is 0 Å². The number of ketones is 2. The second-order valence-corrected chi connectivity index (χ2v) is 4.47. The fraction of sp³-hybridized carbons (Fsp3) is 0.778. The molecule has 2 heteroatoms. The SMILES string of the molecule is O=C1C2CC3C1C1C(=O)C2C31. The molecule has 6 atom stereocenters. The van der Waals surface area contributed by atoms with Crippen molar-refractivity contribution in [2.45, 2.75) is 6.42 Å². The molecule has 56 valence electrons. The van der Waals surface area contributed by atoms with E-state index in [0.717, 1.165) is 6.42 Å². The Kier molecular flexibility index (Phi) is 0.505. The van der Waals surface area contributed by atoms with Gasteiger partial charge >= 0.3 is 0 Å². The highest BCUT2D eigenvalue weighted by Gasteiger charge is 2.80. The summed E-state index contributed by atoms with van der Waals surface area (Å²) in [6, 6.07) is 0. The fourth-order valence-corrected chi connectivity index (χ4v) is 4.15. The van der Waals surface area contributed by atoms with Gasteiger partial charge in [-0.3, -0.25) is 9.59 Å². The van der Waals surface area contributed by atoms with E-state index in [4.69, 9.17) is 0 Å². The van der Waals surface area contributed by atoms with E-state index in [0.29, 0.717) is 23.4 Å². The molecule has 11 heavy (non-hydrogen) atoms. The third-order valence-electron chi connectivity index (χ3n) is 4.48. The standard InChI is InChI=1S/C9H8O2/c10-8-3-1-2-4-6(3)9(11)7(4)5(2)8/h2-7H,1H2. The first-order valence-electron chi connectivity index (χ1n) is 4.38. The van der Waals surface area contributed by atoms with Crippen molar-refractivity contribution < 1.29 is 9.59 Å². The van der Waals surface area contributed by atoms with Gasteiger partial charge in [0.1, 0.15) is 11.6 Å². The van der Waals surface area contributed by atoms with Crippen LogP contribution in [-0.2, 0) is 9.59 Å². The molecule has 4 saturated carbocycles. The Morgan fingerprint density at radius 3 is 2.36 bits per heavy atom. The molecule has 6 unspecified atom stereocenters. The predicted molar refractivity (Wildman–Crippen MR) is 35.6 cm³/mol. The summed E-state index contributed by atoms with van der Waals surface area (Å²) in [5, 5.41) is 0. The second kappa shape index (κ2) is 1.10. The molecule has 4 fully saturated rings. The molecule has 4 aliphatic carbocycles. The van der Waals surface area contributed by atoms with E-state index in [2.05, 4.69) is 0 Å². The van der Waals surface area contributed by atoms with E-state index >= 15 is 0 Å². The Morgan fingerprint density at radius 1 is 1.00 bits per heavy atom. The van der Waals surface area contributed by atoms with Crippen LogP contribution in [0.3, 0.4) is 0 Å². The zero-order chi connectivity index (χ0) is 7.33. The van der Waals surface area contributed by atoms with Crippen LogP contribution in [0.25, 0.3) is 0 Å². The van der Waals surface area contributed by atoms with Crippen LogP contribution >= 0.6 is 0 Å². The molecular formula is C9H8O2. The van der Waals surface area contributed by atoms with Crippen molar-refractivity contribution >= 4 is 11.6 Å². The van der Waals surface area contributed by atoms with Crippen molar-refractivity contribution in [3.8, 4) is 0 Å². The lowest BCUT2D eigenvalue weighted by molar-refractivity contribution is -0.185. The number of hydrogen-bond donors (Lipinski definition) is 0. The van der Waals surface area contributed by atoms with Crippen LogP contribution < -0.4 is 0 Å². The van der Waals surface area contributed by atoms with E-state index in [1.165, 1.54) is 0 Å². The lowest BCUT2D eigenvalue weighted by atomic mass is 9.40. The van der Waals surface area contributed by atoms with Crippen LogP contribution in [0.4, 0.5) is 0 Å². The van der Waals surface area contributed by atoms with Gasteiger partial charge in [0.15, 0.2) is 0 Å². The van der Waals surface area contributed by atoms with Crippen molar-refractivity contribution in [1.29, 1.82) is 0 Å². The molecule has 0 aromatic carbocycles. The van der Waals surface area contributed by atoms with Crippen molar-refractivity contribution in [2.75, 3.05) is 0 Å². The fourth-order valence-electron chi connectivity index (χ4n) is 4.15. The van der Waals surface area contributed by atoms with Gasteiger partial charge in [-0.25, -0.2) is 0 Å². The summed E-state index contributed by atoms with van der Waals surface area (Å²) in [6.45, 7) is 0. The topological polar surface area (TPSA) is 34.1 Å². The van der Waals surface area contributed by atoms with Gasteiger partial charge in [-0.1, -0.05) is 0 Å².